The second-order valence-corrected chi connectivity index (χ2v) is 6.21. The molecule has 6 heteroatoms. The van der Waals surface area contributed by atoms with Crippen LogP contribution in [0.3, 0.4) is 0 Å². The first-order chi connectivity index (χ1) is 11.7. The van der Waals surface area contributed by atoms with Gasteiger partial charge in [0.15, 0.2) is 0 Å². The third kappa shape index (κ3) is 4.64. The lowest BCUT2D eigenvalue weighted by Crippen LogP contribution is -2.30. The maximum atomic E-state index is 13.1. The van der Waals surface area contributed by atoms with Crippen molar-refractivity contribution in [2.24, 2.45) is 0 Å². The number of nitrogens with zero attached hydrogens (tertiary/aromatic N) is 2. The average Bonchev–Trinajstić information content (AvgIpc) is 3.04. The summed E-state index contributed by atoms with van der Waals surface area (Å²) in [5.41, 5.74) is 1.93. The molecule has 3 rings (SSSR count). The summed E-state index contributed by atoms with van der Waals surface area (Å²) >= 11 is 0. The van der Waals surface area contributed by atoms with Crippen LogP contribution in [0.25, 0.3) is 0 Å². The summed E-state index contributed by atoms with van der Waals surface area (Å²) in [7, 11) is 0. The SMILES string of the molecule is O=C(Cn1ccc([C@H]2CCCNC2)n1)NCCc1cccc(F)c1. The predicted molar refractivity (Wildman–Crippen MR) is 90.2 cm³/mol. The van der Waals surface area contributed by atoms with Crippen molar-refractivity contribution in [1.29, 1.82) is 0 Å². The maximum Gasteiger partial charge on any atom is 0.241 e. The van der Waals surface area contributed by atoms with E-state index < -0.39 is 0 Å². The molecule has 1 aliphatic rings. The van der Waals surface area contributed by atoms with E-state index in [-0.39, 0.29) is 18.3 Å². The summed E-state index contributed by atoms with van der Waals surface area (Å²) in [5, 5.41) is 10.7. The van der Waals surface area contributed by atoms with E-state index in [0.717, 1.165) is 37.2 Å². The molecule has 0 spiro atoms. The van der Waals surface area contributed by atoms with Crippen molar-refractivity contribution in [1.82, 2.24) is 20.4 Å². The normalized spacial score (nSPS) is 17.6. The van der Waals surface area contributed by atoms with Crippen LogP contribution < -0.4 is 10.6 Å². The van der Waals surface area contributed by atoms with Crippen molar-refractivity contribution in [2.45, 2.75) is 31.7 Å². The summed E-state index contributed by atoms with van der Waals surface area (Å²) in [6.07, 6.45) is 4.78. The van der Waals surface area contributed by atoms with Crippen LogP contribution in [0.4, 0.5) is 4.39 Å². The molecule has 1 fully saturated rings. The van der Waals surface area contributed by atoms with Crippen molar-refractivity contribution in [3.8, 4) is 0 Å². The van der Waals surface area contributed by atoms with Gasteiger partial charge in [-0.3, -0.25) is 9.48 Å². The Hall–Kier alpha value is -2.21. The molecule has 2 N–H and O–H groups in total. The fourth-order valence-electron chi connectivity index (χ4n) is 3.03. The molecule has 0 saturated carbocycles. The first kappa shape index (κ1) is 16.6. The average molecular weight is 330 g/mol. The van der Waals surface area contributed by atoms with E-state index in [1.54, 1.807) is 10.7 Å². The summed E-state index contributed by atoms with van der Waals surface area (Å²) in [4.78, 5) is 12.0. The van der Waals surface area contributed by atoms with Gasteiger partial charge in [0, 0.05) is 25.2 Å². The molecule has 0 radical (unpaired) electrons. The highest BCUT2D eigenvalue weighted by molar-refractivity contribution is 5.75. The molecule has 0 bridgehead atoms. The van der Waals surface area contributed by atoms with Gasteiger partial charge in [0.1, 0.15) is 12.4 Å². The topological polar surface area (TPSA) is 59.0 Å². The third-order valence-corrected chi connectivity index (χ3v) is 4.31. The Morgan fingerprint density at radius 2 is 2.33 bits per heavy atom. The molecule has 2 aromatic rings. The number of aromatic nitrogens is 2. The molecule has 0 unspecified atom stereocenters. The maximum absolute atomic E-state index is 13.1. The minimum Gasteiger partial charge on any atom is -0.354 e. The largest absolute Gasteiger partial charge is 0.354 e. The molecule has 5 nitrogen and oxygen atoms in total. The second kappa shape index (κ2) is 8.06. The highest BCUT2D eigenvalue weighted by Crippen LogP contribution is 2.21. The number of hydrogen-bond acceptors (Lipinski definition) is 3. The van der Waals surface area contributed by atoms with Crippen LogP contribution in [0.1, 0.15) is 30.0 Å². The smallest absolute Gasteiger partial charge is 0.241 e. The van der Waals surface area contributed by atoms with Gasteiger partial charge in [-0.25, -0.2) is 4.39 Å². The molecule has 128 valence electrons. The van der Waals surface area contributed by atoms with Crippen LogP contribution in [0.15, 0.2) is 36.5 Å². The molecule has 1 aliphatic heterocycles. The van der Waals surface area contributed by atoms with Crippen molar-refractivity contribution < 1.29 is 9.18 Å². The number of carbonyl (C=O) groups excluding carboxylic acids is 1. The molecule has 2 heterocycles. The standard InChI is InChI=1S/C18H23FN4O/c19-16-5-1-3-14(11-16)6-9-21-18(24)13-23-10-7-17(22-23)15-4-2-8-20-12-15/h1,3,5,7,10-11,15,20H,2,4,6,8-9,12-13H2,(H,21,24)/t15-/m0/s1. The van der Waals surface area contributed by atoms with E-state index in [9.17, 15) is 9.18 Å². The molecule has 1 aromatic heterocycles. The highest BCUT2D eigenvalue weighted by atomic mass is 19.1. The Morgan fingerprint density at radius 1 is 1.42 bits per heavy atom. The third-order valence-electron chi connectivity index (χ3n) is 4.31. The fourth-order valence-corrected chi connectivity index (χ4v) is 3.03. The number of halogens is 1. The number of hydrogen-bond donors (Lipinski definition) is 2. The lowest BCUT2D eigenvalue weighted by atomic mass is 9.97. The predicted octanol–water partition coefficient (Wildman–Crippen LogP) is 1.85. The number of amides is 1. The van der Waals surface area contributed by atoms with Gasteiger partial charge in [-0.15, -0.1) is 0 Å². The van der Waals surface area contributed by atoms with Gasteiger partial charge in [-0.2, -0.15) is 5.10 Å². The van der Waals surface area contributed by atoms with Crippen LogP contribution in [0.5, 0.6) is 0 Å². The Bertz CT molecular complexity index is 679. The molecule has 0 aliphatic carbocycles. The molecule has 1 saturated heterocycles. The van der Waals surface area contributed by atoms with Gasteiger partial charge >= 0.3 is 0 Å². The first-order valence-electron chi connectivity index (χ1n) is 8.46. The number of nitrogens with one attached hydrogen (secondary N) is 2. The van der Waals surface area contributed by atoms with Gasteiger partial charge in [0.05, 0.1) is 5.69 Å². The molecule has 1 amide bonds. The molecule has 1 aromatic carbocycles. The van der Waals surface area contributed by atoms with Gasteiger partial charge in [0.2, 0.25) is 5.91 Å². The van der Waals surface area contributed by atoms with Gasteiger partial charge in [-0.1, -0.05) is 12.1 Å². The monoisotopic (exact) mass is 330 g/mol. The van der Waals surface area contributed by atoms with Crippen LogP contribution in [0.2, 0.25) is 0 Å². The van der Waals surface area contributed by atoms with Crippen molar-refractivity contribution in [2.75, 3.05) is 19.6 Å². The van der Waals surface area contributed by atoms with Crippen molar-refractivity contribution >= 4 is 5.91 Å². The van der Waals surface area contributed by atoms with Gasteiger partial charge < -0.3 is 10.6 Å². The molecule has 1 atom stereocenters. The van der Waals surface area contributed by atoms with Crippen LogP contribution >= 0.6 is 0 Å². The zero-order valence-corrected chi connectivity index (χ0v) is 13.7. The van der Waals surface area contributed by atoms with Gasteiger partial charge in [0.25, 0.3) is 0 Å². The van der Waals surface area contributed by atoms with Crippen LogP contribution in [0, 0.1) is 5.82 Å². The van der Waals surface area contributed by atoms with E-state index in [1.165, 1.54) is 12.1 Å². The van der Waals surface area contributed by atoms with E-state index >= 15 is 0 Å². The summed E-state index contributed by atoms with van der Waals surface area (Å²) in [5.74, 6) is 0.110. The number of rotatable bonds is 6. The summed E-state index contributed by atoms with van der Waals surface area (Å²) in [6, 6.07) is 8.44. The zero-order chi connectivity index (χ0) is 16.8. The van der Waals surface area contributed by atoms with Crippen LogP contribution in [-0.2, 0) is 17.8 Å². The quantitative estimate of drug-likeness (QED) is 0.850. The lowest BCUT2D eigenvalue weighted by Gasteiger charge is -2.20. The zero-order valence-electron chi connectivity index (χ0n) is 13.7. The van der Waals surface area contributed by atoms with E-state index in [0.29, 0.717) is 18.9 Å². The lowest BCUT2D eigenvalue weighted by molar-refractivity contribution is -0.121. The molecular weight excluding hydrogens is 307 g/mol. The summed E-state index contributed by atoms with van der Waals surface area (Å²) < 4.78 is 14.8. The highest BCUT2D eigenvalue weighted by Gasteiger charge is 2.17. The number of piperidine rings is 1. The van der Waals surface area contributed by atoms with Crippen molar-refractivity contribution in [3.05, 3.63) is 53.6 Å². The Kier molecular flexibility index (Phi) is 5.59. The van der Waals surface area contributed by atoms with E-state index in [2.05, 4.69) is 15.7 Å². The Balaban J connectivity index is 1.44. The fraction of sp³-hybridized carbons (Fsp3) is 0.444. The first-order valence-corrected chi connectivity index (χ1v) is 8.46. The minimum absolute atomic E-state index is 0.0807. The summed E-state index contributed by atoms with van der Waals surface area (Å²) in [6.45, 7) is 2.73. The van der Waals surface area contributed by atoms with Crippen molar-refractivity contribution in [3.63, 3.8) is 0 Å². The van der Waals surface area contributed by atoms with E-state index in [1.807, 2.05) is 18.3 Å². The van der Waals surface area contributed by atoms with Crippen LogP contribution in [-0.4, -0.2) is 35.3 Å². The second-order valence-electron chi connectivity index (χ2n) is 6.21. The number of benzene rings is 1. The minimum atomic E-state index is -0.250. The molecular formula is C18H23FN4O. The molecule has 24 heavy (non-hydrogen) atoms. The number of carbonyl (C=O) groups is 1. The Labute approximate surface area is 141 Å². The van der Waals surface area contributed by atoms with E-state index in [4.69, 9.17) is 0 Å². The van der Waals surface area contributed by atoms with Gasteiger partial charge in [-0.05, 0) is 49.6 Å². The Morgan fingerprint density at radius 3 is 3.12 bits per heavy atom.